The number of benzene rings is 2. The fourth-order valence-corrected chi connectivity index (χ4v) is 4.04. The van der Waals surface area contributed by atoms with Crippen molar-refractivity contribution in [3.05, 3.63) is 64.5 Å². The van der Waals surface area contributed by atoms with E-state index < -0.39 is 6.10 Å². The van der Waals surface area contributed by atoms with Crippen LogP contribution in [0.1, 0.15) is 43.2 Å². The molecular formula is C24H26ClN3O3. The van der Waals surface area contributed by atoms with Gasteiger partial charge < -0.3 is 14.2 Å². The standard InChI is InChI=1S/C24H26ClN3O3/c1-3-21(30-20-12-11-16-7-4-5-8-17(16)14-20)24(29)28(2)15-22-26-23(27-31-22)18-9-6-10-19(25)13-18/h6,9-14,21H,3-5,7-8,15H2,1-2H3/t21-/m0/s1. The smallest absolute Gasteiger partial charge is 0.263 e. The Balaban J connectivity index is 1.41. The predicted molar refractivity (Wildman–Crippen MR) is 119 cm³/mol. The van der Waals surface area contributed by atoms with E-state index in [-0.39, 0.29) is 12.5 Å². The number of carbonyl (C=O) groups is 1. The molecule has 162 valence electrons. The molecule has 0 fully saturated rings. The first kappa shape index (κ1) is 21.4. The van der Waals surface area contributed by atoms with Gasteiger partial charge in [-0.15, -0.1) is 0 Å². The van der Waals surface area contributed by atoms with Gasteiger partial charge in [-0.25, -0.2) is 0 Å². The van der Waals surface area contributed by atoms with Crippen LogP contribution in [0.3, 0.4) is 0 Å². The molecule has 6 nitrogen and oxygen atoms in total. The van der Waals surface area contributed by atoms with Gasteiger partial charge in [0.15, 0.2) is 6.10 Å². The maximum atomic E-state index is 13.0. The molecule has 0 saturated carbocycles. The predicted octanol–water partition coefficient (Wildman–Crippen LogP) is 5.08. The molecule has 1 aliphatic rings. The molecule has 3 aromatic rings. The number of fused-ring (bicyclic) bond motifs is 1. The number of hydrogen-bond acceptors (Lipinski definition) is 5. The summed E-state index contributed by atoms with van der Waals surface area (Å²) in [6, 6.07) is 13.4. The summed E-state index contributed by atoms with van der Waals surface area (Å²) >= 11 is 6.03. The minimum absolute atomic E-state index is 0.122. The van der Waals surface area contributed by atoms with Crippen molar-refractivity contribution in [3.8, 4) is 17.1 Å². The molecule has 0 radical (unpaired) electrons. The Morgan fingerprint density at radius 3 is 2.77 bits per heavy atom. The van der Waals surface area contributed by atoms with Crippen molar-refractivity contribution in [2.45, 2.75) is 51.7 Å². The van der Waals surface area contributed by atoms with E-state index in [4.69, 9.17) is 20.9 Å². The molecule has 4 rings (SSSR count). The molecule has 0 unspecified atom stereocenters. The zero-order valence-electron chi connectivity index (χ0n) is 17.8. The number of ether oxygens (including phenoxy) is 1. The maximum Gasteiger partial charge on any atom is 0.263 e. The van der Waals surface area contributed by atoms with Gasteiger partial charge in [0, 0.05) is 17.6 Å². The van der Waals surface area contributed by atoms with Crippen molar-refractivity contribution in [2.75, 3.05) is 7.05 Å². The lowest BCUT2D eigenvalue weighted by atomic mass is 9.92. The van der Waals surface area contributed by atoms with E-state index in [1.165, 1.54) is 24.0 Å². The number of aromatic nitrogens is 2. The number of halogens is 1. The second-order valence-electron chi connectivity index (χ2n) is 7.87. The summed E-state index contributed by atoms with van der Waals surface area (Å²) in [6.45, 7) is 2.15. The largest absolute Gasteiger partial charge is 0.481 e. The molecule has 1 heterocycles. The van der Waals surface area contributed by atoms with E-state index in [0.717, 1.165) is 24.2 Å². The Hall–Kier alpha value is -2.86. The Morgan fingerprint density at radius 2 is 2.00 bits per heavy atom. The third-order valence-corrected chi connectivity index (χ3v) is 5.78. The molecule has 7 heteroatoms. The number of hydrogen-bond donors (Lipinski definition) is 0. The second kappa shape index (κ2) is 9.52. The van der Waals surface area contributed by atoms with Crippen LogP contribution in [0.2, 0.25) is 5.02 Å². The highest BCUT2D eigenvalue weighted by atomic mass is 35.5. The zero-order chi connectivity index (χ0) is 21.8. The summed E-state index contributed by atoms with van der Waals surface area (Å²) in [7, 11) is 1.71. The van der Waals surface area contributed by atoms with E-state index in [1.807, 2.05) is 25.1 Å². The SMILES string of the molecule is CC[C@H](Oc1ccc2c(c1)CCCC2)C(=O)N(C)Cc1nc(-c2cccc(Cl)c2)no1. The molecule has 1 aliphatic carbocycles. The highest BCUT2D eigenvalue weighted by Gasteiger charge is 2.24. The molecule has 1 atom stereocenters. The summed E-state index contributed by atoms with van der Waals surface area (Å²) in [5, 5.41) is 4.60. The van der Waals surface area contributed by atoms with E-state index in [2.05, 4.69) is 22.3 Å². The molecular weight excluding hydrogens is 414 g/mol. The number of nitrogens with zero attached hydrogens (tertiary/aromatic N) is 3. The average Bonchev–Trinajstić information content (AvgIpc) is 3.25. The minimum atomic E-state index is -0.568. The van der Waals surface area contributed by atoms with Crippen LogP contribution in [0.4, 0.5) is 0 Å². The van der Waals surface area contributed by atoms with Gasteiger partial charge in [-0.05, 0) is 67.5 Å². The van der Waals surface area contributed by atoms with Gasteiger partial charge in [0.25, 0.3) is 5.91 Å². The molecule has 1 amide bonds. The lowest BCUT2D eigenvalue weighted by Gasteiger charge is -2.24. The lowest BCUT2D eigenvalue weighted by Crippen LogP contribution is -2.39. The number of likely N-dealkylation sites (N-methyl/N-ethyl adjacent to an activating group) is 1. The third kappa shape index (κ3) is 5.07. The van der Waals surface area contributed by atoms with Crippen molar-refractivity contribution in [2.24, 2.45) is 0 Å². The van der Waals surface area contributed by atoms with Crippen LogP contribution in [0.5, 0.6) is 5.75 Å². The fraction of sp³-hybridized carbons (Fsp3) is 0.375. The van der Waals surface area contributed by atoms with Gasteiger partial charge in [0.2, 0.25) is 11.7 Å². The number of amides is 1. The van der Waals surface area contributed by atoms with Crippen LogP contribution in [-0.2, 0) is 24.2 Å². The summed E-state index contributed by atoms with van der Waals surface area (Å²) in [5.41, 5.74) is 3.49. The van der Waals surface area contributed by atoms with Gasteiger partial charge in [0.05, 0.1) is 6.54 Å². The van der Waals surface area contributed by atoms with Crippen LogP contribution < -0.4 is 4.74 Å². The van der Waals surface area contributed by atoms with Gasteiger partial charge in [-0.1, -0.05) is 41.9 Å². The van der Waals surface area contributed by atoms with Crippen LogP contribution in [0.15, 0.2) is 47.0 Å². The zero-order valence-corrected chi connectivity index (χ0v) is 18.6. The van der Waals surface area contributed by atoms with Gasteiger partial charge in [-0.3, -0.25) is 4.79 Å². The highest BCUT2D eigenvalue weighted by molar-refractivity contribution is 6.30. The quantitative estimate of drug-likeness (QED) is 0.513. The molecule has 0 bridgehead atoms. The molecule has 0 spiro atoms. The Morgan fingerprint density at radius 1 is 1.19 bits per heavy atom. The minimum Gasteiger partial charge on any atom is -0.481 e. The van der Waals surface area contributed by atoms with Crippen molar-refractivity contribution < 1.29 is 14.1 Å². The Bertz CT molecular complexity index is 1070. The first-order valence-electron chi connectivity index (χ1n) is 10.7. The number of aryl methyl sites for hydroxylation is 2. The summed E-state index contributed by atoms with van der Waals surface area (Å²) < 4.78 is 11.4. The average molecular weight is 440 g/mol. The van der Waals surface area contributed by atoms with E-state index >= 15 is 0 Å². The first-order chi connectivity index (χ1) is 15.0. The van der Waals surface area contributed by atoms with Crippen molar-refractivity contribution >= 4 is 17.5 Å². The molecule has 0 saturated heterocycles. The molecule has 1 aromatic heterocycles. The maximum absolute atomic E-state index is 13.0. The summed E-state index contributed by atoms with van der Waals surface area (Å²) in [5.74, 6) is 1.42. The monoisotopic (exact) mass is 439 g/mol. The van der Waals surface area contributed by atoms with Crippen molar-refractivity contribution in [3.63, 3.8) is 0 Å². The van der Waals surface area contributed by atoms with Crippen LogP contribution in [-0.4, -0.2) is 34.1 Å². The van der Waals surface area contributed by atoms with Crippen LogP contribution in [0.25, 0.3) is 11.4 Å². The number of carbonyl (C=O) groups excluding carboxylic acids is 1. The molecule has 31 heavy (non-hydrogen) atoms. The second-order valence-corrected chi connectivity index (χ2v) is 8.31. The highest BCUT2D eigenvalue weighted by Crippen LogP contribution is 2.26. The van der Waals surface area contributed by atoms with E-state index in [0.29, 0.717) is 23.2 Å². The fourth-order valence-electron chi connectivity index (χ4n) is 3.85. The molecule has 0 aliphatic heterocycles. The summed E-state index contributed by atoms with van der Waals surface area (Å²) in [6.07, 6.45) is 4.64. The lowest BCUT2D eigenvalue weighted by molar-refractivity contribution is -0.138. The van der Waals surface area contributed by atoms with E-state index in [1.54, 1.807) is 24.1 Å². The van der Waals surface area contributed by atoms with Gasteiger partial charge in [0.1, 0.15) is 5.75 Å². The van der Waals surface area contributed by atoms with Gasteiger partial charge in [-0.2, -0.15) is 4.98 Å². The van der Waals surface area contributed by atoms with E-state index in [9.17, 15) is 4.79 Å². The third-order valence-electron chi connectivity index (χ3n) is 5.54. The Labute approximate surface area is 187 Å². The Kier molecular flexibility index (Phi) is 6.56. The molecule has 2 aromatic carbocycles. The van der Waals surface area contributed by atoms with Crippen molar-refractivity contribution in [1.82, 2.24) is 15.0 Å². The van der Waals surface area contributed by atoms with Crippen molar-refractivity contribution in [1.29, 1.82) is 0 Å². The van der Waals surface area contributed by atoms with Crippen LogP contribution in [0, 0.1) is 0 Å². The molecule has 0 N–H and O–H groups in total. The number of rotatable bonds is 7. The summed E-state index contributed by atoms with van der Waals surface area (Å²) in [4.78, 5) is 18.9. The topological polar surface area (TPSA) is 68.5 Å². The van der Waals surface area contributed by atoms with Gasteiger partial charge >= 0.3 is 0 Å². The normalized spacial score (nSPS) is 14.0. The van der Waals surface area contributed by atoms with Crippen LogP contribution >= 0.6 is 11.6 Å². The first-order valence-corrected chi connectivity index (χ1v) is 11.0.